The molecule has 0 aliphatic carbocycles. The highest BCUT2D eigenvalue weighted by Gasteiger charge is 2.00. The van der Waals surface area contributed by atoms with Gasteiger partial charge in [-0.3, -0.25) is 0 Å². The van der Waals surface area contributed by atoms with Gasteiger partial charge < -0.3 is 5.11 Å². The Morgan fingerprint density at radius 3 is 2.25 bits per heavy atom. The molecular formula is C15H30O. The maximum atomic E-state index is 8.79. The zero-order valence-electron chi connectivity index (χ0n) is 11.6. The topological polar surface area (TPSA) is 20.2 Å². The molecule has 0 aromatic heterocycles. The third-order valence-corrected chi connectivity index (χ3v) is 3.07. The minimum atomic E-state index is 0.318. The molecule has 0 aliphatic rings. The molecule has 0 rings (SSSR count). The van der Waals surface area contributed by atoms with E-state index in [1.807, 2.05) is 0 Å². The fourth-order valence-electron chi connectivity index (χ4n) is 1.83. The van der Waals surface area contributed by atoms with Crippen LogP contribution in [0.25, 0.3) is 0 Å². The van der Waals surface area contributed by atoms with Crippen LogP contribution in [-0.4, -0.2) is 11.7 Å². The van der Waals surface area contributed by atoms with Crippen molar-refractivity contribution in [2.24, 2.45) is 17.8 Å². The summed E-state index contributed by atoms with van der Waals surface area (Å²) in [6.45, 7) is 9.39. The molecule has 2 atom stereocenters. The molecule has 0 fully saturated rings. The largest absolute Gasteiger partial charge is 0.396 e. The van der Waals surface area contributed by atoms with Crippen molar-refractivity contribution in [3.63, 3.8) is 0 Å². The second kappa shape index (κ2) is 9.89. The predicted molar refractivity (Wildman–Crippen MR) is 72.5 cm³/mol. The summed E-state index contributed by atoms with van der Waals surface area (Å²) >= 11 is 0. The summed E-state index contributed by atoms with van der Waals surface area (Å²) in [6, 6.07) is 0. The molecular weight excluding hydrogens is 196 g/mol. The van der Waals surface area contributed by atoms with E-state index in [1.54, 1.807) is 0 Å². The Hall–Kier alpha value is -0.300. The molecule has 1 heteroatoms. The zero-order chi connectivity index (χ0) is 12.4. The lowest BCUT2D eigenvalue weighted by atomic mass is 9.98. The third kappa shape index (κ3) is 10.2. The lowest BCUT2D eigenvalue weighted by Crippen LogP contribution is -1.97. The van der Waals surface area contributed by atoms with Crippen LogP contribution < -0.4 is 0 Å². The van der Waals surface area contributed by atoms with Crippen LogP contribution in [-0.2, 0) is 0 Å². The van der Waals surface area contributed by atoms with E-state index in [4.69, 9.17) is 5.11 Å². The van der Waals surface area contributed by atoms with Gasteiger partial charge in [0.2, 0.25) is 0 Å². The van der Waals surface area contributed by atoms with Crippen molar-refractivity contribution >= 4 is 0 Å². The maximum Gasteiger partial charge on any atom is 0.0433 e. The highest BCUT2D eigenvalue weighted by Crippen LogP contribution is 2.14. The number of hydrogen-bond donors (Lipinski definition) is 1. The molecule has 0 aromatic carbocycles. The van der Waals surface area contributed by atoms with Gasteiger partial charge in [0.05, 0.1) is 0 Å². The summed E-state index contributed by atoms with van der Waals surface area (Å²) in [6.07, 6.45) is 10.7. The van der Waals surface area contributed by atoms with E-state index in [0.29, 0.717) is 18.4 Å². The van der Waals surface area contributed by atoms with E-state index in [2.05, 4.69) is 39.8 Å². The molecule has 16 heavy (non-hydrogen) atoms. The van der Waals surface area contributed by atoms with Gasteiger partial charge in [-0.2, -0.15) is 0 Å². The van der Waals surface area contributed by atoms with Crippen molar-refractivity contribution in [3.8, 4) is 0 Å². The fraction of sp³-hybridized carbons (Fsp3) is 0.867. The standard InChI is InChI=1S/C15H30O/c1-13(2)7-5-8-14(3)9-6-10-15(4)11-12-16/h6,9,13-16H,5,7-8,10-12H2,1-4H3/b9-6+/t14-,15-/m1/s1. The average Bonchev–Trinajstić information content (AvgIpc) is 2.17. The minimum absolute atomic E-state index is 0.318. The Kier molecular flexibility index (Phi) is 9.71. The first-order chi connectivity index (χ1) is 7.56. The monoisotopic (exact) mass is 226 g/mol. The average molecular weight is 226 g/mol. The summed E-state index contributed by atoms with van der Waals surface area (Å²) in [5.41, 5.74) is 0. The molecule has 0 aliphatic heterocycles. The van der Waals surface area contributed by atoms with Crippen molar-refractivity contribution in [2.45, 2.75) is 59.8 Å². The molecule has 0 unspecified atom stereocenters. The molecule has 0 heterocycles. The lowest BCUT2D eigenvalue weighted by Gasteiger charge is -2.09. The smallest absolute Gasteiger partial charge is 0.0433 e. The first-order valence-electron chi connectivity index (χ1n) is 6.83. The normalized spacial score (nSPS) is 15.9. The molecule has 0 spiro atoms. The second-order valence-electron chi connectivity index (χ2n) is 5.58. The minimum Gasteiger partial charge on any atom is -0.396 e. The van der Waals surface area contributed by atoms with Crippen LogP contribution >= 0.6 is 0 Å². The van der Waals surface area contributed by atoms with E-state index in [9.17, 15) is 0 Å². The molecule has 0 bridgehead atoms. The zero-order valence-corrected chi connectivity index (χ0v) is 11.6. The number of rotatable bonds is 9. The van der Waals surface area contributed by atoms with Crippen LogP contribution in [0, 0.1) is 17.8 Å². The lowest BCUT2D eigenvalue weighted by molar-refractivity contribution is 0.263. The van der Waals surface area contributed by atoms with E-state index in [0.717, 1.165) is 18.8 Å². The van der Waals surface area contributed by atoms with Crippen molar-refractivity contribution in [1.82, 2.24) is 0 Å². The third-order valence-electron chi connectivity index (χ3n) is 3.07. The number of hydrogen-bond acceptors (Lipinski definition) is 1. The summed E-state index contributed by atoms with van der Waals surface area (Å²) in [4.78, 5) is 0. The van der Waals surface area contributed by atoms with Gasteiger partial charge in [0.25, 0.3) is 0 Å². The molecule has 0 saturated heterocycles. The van der Waals surface area contributed by atoms with Crippen LogP contribution in [0.2, 0.25) is 0 Å². The Morgan fingerprint density at radius 1 is 1.00 bits per heavy atom. The first kappa shape index (κ1) is 15.7. The number of aliphatic hydroxyl groups is 1. The van der Waals surface area contributed by atoms with Crippen LogP contribution in [0.5, 0.6) is 0 Å². The van der Waals surface area contributed by atoms with Gasteiger partial charge in [-0.15, -0.1) is 0 Å². The second-order valence-corrected chi connectivity index (χ2v) is 5.58. The molecule has 0 amide bonds. The van der Waals surface area contributed by atoms with Crippen LogP contribution in [0.4, 0.5) is 0 Å². The maximum absolute atomic E-state index is 8.79. The van der Waals surface area contributed by atoms with Crippen molar-refractivity contribution < 1.29 is 5.11 Å². The molecule has 1 nitrogen and oxygen atoms in total. The van der Waals surface area contributed by atoms with Crippen molar-refractivity contribution in [1.29, 1.82) is 0 Å². The Morgan fingerprint density at radius 2 is 1.69 bits per heavy atom. The number of aliphatic hydroxyl groups excluding tert-OH is 1. The Bertz CT molecular complexity index is 172. The van der Waals surface area contributed by atoms with Crippen molar-refractivity contribution in [3.05, 3.63) is 12.2 Å². The highest BCUT2D eigenvalue weighted by molar-refractivity contribution is 4.87. The Labute approximate surface area is 102 Å². The van der Waals surface area contributed by atoms with Crippen LogP contribution in [0.1, 0.15) is 59.8 Å². The van der Waals surface area contributed by atoms with Gasteiger partial charge in [0.15, 0.2) is 0 Å². The van der Waals surface area contributed by atoms with Gasteiger partial charge in [-0.25, -0.2) is 0 Å². The van der Waals surface area contributed by atoms with Gasteiger partial charge in [-0.05, 0) is 37.0 Å². The van der Waals surface area contributed by atoms with Crippen molar-refractivity contribution in [2.75, 3.05) is 6.61 Å². The quantitative estimate of drug-likeness (QED) is 0.577. The van der Waals surface area contributed by atoms with E-state index in [1.165, 1.54) is 19.3 Å². The molecule has 0 radical (unpaired) electrons. The predicted octanol–water partition coefficient (Wildman–Crippen LogP) is 4.41. The first-order valence-corrected chi connectivity index (χ1v) is 6.83. The van der Waals surface area contributed by atoms with E-state index in [-0.39, 0.29) is 0 Å². The molecule has 0 saturated carbocycles. The fourth-order valence-corrected chi connectivity index (χ4v) is 1.83. The molecule has 96 valence electrons. The SMILES string of the molecule is CC(C)CCC[C@@H](C)/C=C/C[C@@H](C)CCO. The van der Waals surface area contributed by atoms with E-state index < -0.39 is 0 Å². The highest BCUT2D eigenvalue weighted by atomic mass is 16.3. The van der Waals surface area contributed by atoms with Gasteiger partial charge in [0, 0.05) is 6.61 Å². The molecule has 1 N–H and O–H groups in total. The number of allylic oxidation sites excluding steroid dienone is 2. The summed E-state index contributed by atoms with van der Waals surface area (Å²) in [7, 11) is 0. The Balaban J connectivity index is 3.53. The van der Waals surface area contributed by atoms with Gasteiger partial charge in [0.1, 0.15) is 0 Å². The van der Waals surface area contributed by atoms with Crippen LogP contribution in [0.3, 0.4) is 0 Å². The summed E-state index contributed by atoms with van der Waals surface area (Å²) in [5, 5.41) is 8.79. The van der Waals surface area contributed by atoms with Gasteiger partial charge >= 0.3 is 0 Å². The van der Waals surface area contributed by atoms with Crippen LogP contribution in [0.15, 0.2) is 12.2 Å². The summed E-state index contributed by atoms with van der Waals surface area (Å²) < 4.78 is 0. The summed E-state index contributed by atoms with van der Waals surface area (Å²) in [5.74, 6) is 2.16. The molecule has 0 aromatic rings. The van der Waals surface area contributed by atoms with Gasteiger partial charge in [-0.1, -0.05) is 52.7 Å². The van der Waals surface area contributed by atoms with E-state index >= 15 is 0 Å².